The van der Waals surface area contributed by atoms with Gasteiger partial charge in [0.1, 0.15) is 42.5 Å². The highest BCUT2D eigenvalue weighted by Crippen LogP contribution is 2.32. The molecule has 6 aromatic carbocycles. The highest BCUT2D eigenvalue weighted by molar-refractivity contribution is 6.46. The number of nitrogens with two attached hydrogens (primary N) is 1. The van der Waals surface area contributed by atoms with Gasteiger partial charge in [-0.15, -0.1) is 0 Å². The van der Waals surface area contributed by atoms with Crippen molar-refractivity contribution in [3.8, 4) is 11.5 Å². The Hall–Kier alpha value is -7.02. The molecule has 6 N–H and O–H groups in total. The second-order valence-corrected chi connectivity index (χ2v) is 19.4. The molecule has 6 aliphatic rings. The van der Waals surface area contributed by atoms with Gasteiger partial charge < -0.3 is 55.3 Å². The van der Waals surface area contributed by atoms with Crippen molar-refractivity contribution < 1.29 is 52.8 Å². The van der Waals surface area contributed by atoms with E-state index in [9.17, 15) is 28.6 Å². The van der Waals surface area contributed by atoms with Crippen LogP contribution in [0.5, 0.6) is 11.5 Å². The summed E-state index contributed by atoms with van der Waals surface area (Å²) in [7, 11) is 0. The van der Waals surface area contributed by atoms with E-state index in [1.807, 2.05) is 48.5 Å². The minimum atomic E-state index is -1.14. The maximum Gasteiger partial charge on any atom is 0.358 e. The Morgan fingerprint density at radius 1 is 0.649 bits per heavy atom. The Kier molecular flexibility index (Phi) is 16.1. The van der Waals surface area contributed by atoms with Crippen molar-refractivity contribution in [3.05, 3.63) is 154 Å². The highest BCUT2D eigenvalue weighted by atomic mass is 19.1. The van der Waals surface area contributed by atoms with Crippen molar-refractivity contribution in [2.24, 2.45) is 16.0 Å². The van der Waals surface area contributed by atoms with E-state index < -0.39 is 30.1 Å². The van der Waals surface area contributed by atoms with Crippen LogP contribution < -0.4 is 20.5 Å². The molecule has 6 aromatic rings. The quantitative estimate of drug-likeness (QED) is 0.0667. The minimum Gasteiger partial charge on any atom is -0.490 e. The summed E-state index contributed by atoms with van der Waals surface area (Å²) >= 11 is 0. The molecule has 2 saturated carbocycles. The van der Waals surface area contributed by atoms with E-state index in [0.29, 0.717) is 40.8 Å². The molecule has 0 spiro atoms. The maximum absolute atomic E-state index is 13.7. The number of carboxylic acid groups (broad SMARTS) is 1. The molecule has 4 aliphatic heterocycles. The molecule has 4 heterocycles. The number of aliphatic carboxylic acids is 1. The number of carbonyl (C=O) groups is 2. The number of oxime groups is 2. The van der Waals surface area contributed by atoms with E-state index in [1.165, 1.54) is 30.7 Å². The number of benzene rings is 6. The minimum absolute atomic E-state index is 0. The lowest BCUT2D eigenvalue weighted by molar-refractivity contribution is -0.129. The summed E-state index contributed by atoms with van der Waals surface area (Å²) in [6.07, 6.45) is 6.03. The van der Waals surface area contributed by atoms with Crippen molar-refractivity contribution in [3.63, 3.8) is 0 Å². The van der Waals surface area contributed by atoms with Gasteiger partial charge in [-0.1, -0.05) is 78.4 Å². The molecular weight excluding hydrogens is 951 g/mol. The summed E-state index contributed by atoms with van der Waals surface area (Å²) in [6, 6.07) is 30.1. The summed E-state index contributed by atoms with van der Waals surface area (Å²) < 4.78 is 38.3. The Morgan fingerprint density at radius 2 is 1.11 bits per heavy atom. The zero-order chi connectivity index (χ0) is 50.6. The molecule has 1 amide bonds. The Bertz CT molecular complexity index is 3030. The molecular formula is C57H62F2N6O9. The Labute approximate surface area is 428 Å². The number of halogens is 2. The number of rotatable bonds is 15. The SMILES string of the molecule is C.N[C@H](CN1CCC1)[C@H](O)c1ccc(OC2CC2)cc1.O=C(N[C@H](CN1CCC1)[C@H](O)c1ccc(OC2CC2)cc1)C1=NOCc2c1ccc1cc(F)ccc21.O=C(O)C1=NOCc2c1ccc1cc(F)ccc21. The van der Waals surface area contributed by atoms with Crippen LogP contribution in [0.2, 0.25) is 0 Å². The average molecular weight is 1010 g/mol. The van der Waals surface area contributed by atoms with E-state index in [2.05, 4.69) is 25.4 Å². The normalized spacial score (nSPS) is 18.3. The number of likely N-dealkylation sites (tertiary alicyclic amines) is 2. The number of aliphatic hydroxyl groups excluding tert-OH is 2. The number of nitrogens with zero attached hydrogens (tertiary/aromatic N) is 4. The van der Waals surface area contributed by atoms with Crippen LogP contribution in [0, 0.1) is 11.6 Å². The van der Waals surface area contributed by atoms with Crippen molar-refractivity contribution in [1.29, 1.82) is 0 Å². The van der Waals surface area contributed by atoms with E-state index >= 15 is 0 Å². The number of ether oxygens (including phenoxy) is 2. The fourth-order valence-electron chi connectivity index (χ4n) is 9.21. The average Bonchev–Trinajstić information content (AvgIpc) is 4.34. The zero-order valence-corrected chi connectivity index (χ0v) is 40.2. The lowest BCUT2D eigenvalue weighted by atomic mass is 9.95. The third kappa shape index (κ3) is 12.3. The van der Waals surface area contributed by atoms with Crippen LogP contribution in [0.25, 0.3) is 21.5 Å². The molecule has 4 atom stereocenters. The van der Waals surface area contributed by atoms with Crippen LogP contribution in [0.1, 0.15) is 91.5 Å². The number of hydrogen-bond acceptors (Lipinski definition) is 13. The first kappa shape index (κ1) is 51.9. The summed E-state index contributed by atoms with van der Waals surface area (Å²) in [5, 5.41) is 44.2. The largest absolute Gasteiger partial charge is 0.490 e. The van der Waals surface area contributed by atoms with Gasteiger partial charge in [-0.05, 0) is 146 Å². The van der Waals surface area contributed by atoms with Crippen molar-refractivity contribution in [2.45, 2.75) is 95.7 Å². The summed E-state index contributed by atoms with van der Waals surface area (Å²) in [5.74, 6) is -0.538. The molecule has 15 nitrogen and oxygen atoms in total. The predicted octanol–water partition coefficient (Wildman–Crippen LogP) is 7.91. The van der Waals surface area contributed by atoms with Crippen LogP contribution in [0.4, 0.5) is 8.78 Å². The molecule has 74 heavy (non-hydrogen) atoms. The number of carbonyl (C=O) groups excluding carboxylic acids is 1. The Morgan fingerprint density at radius 3 is 1.57 bits per heavy atom. The first-order valence-corrected chi connectivity index (χ1v) is 24.9. The van der Waals surface area contributed by atoms with Crippen molar-refractivity contribution >= 4 is 44.8 Å². The lowest BCUT2D eigenvalue weighted by Crippen LogP contribution is -2.52. The van der Waals surface area contributed by atoms with Crippen LogP contribution in [0.3, 0.4) is 0 Å². The predicted molar refractivity (Wildman–Crippen MR) is 277 cm³/mol. The third-order valence-corrected chi connectivity index (χ3v) is 13.9. The van der Waals surface area contributed by atoms with Crippen LogP contribution >= 0.6 is 0 Å². The van der Waals surface area contributed by atoms with E-state index in [0.717, 1.165) is 109 Å². The number of hydrogen-bond donors (Lipinski definition) is 5. The first-order chi connectivity index (χ1) is 35.4. The lowest BCUT2D eigenvalue weighted by Gasteiger charge is -2.36. The molecule has 17 heteroatoms. The van der Waals surface area contributed by atoms with Gasteiger partial charge in [0.15, 0.2) is 11.4 Å². The van der Waals surface area contributed by atoms with Gasteiger partial charge in [-0.25, -0.2) is 13.6 Å². The molecule has 0 bridgehead atoms. The monoisotopic (exact) mass is 1010 g/mol. The molecule has 0 radical (unpaired) electrons. The Balaban J connectivity index is 0.000000149. The number of nitrogens with one attached hydrogen (secondary N) is 1. The van der Waals surface area contributed by atoms with Crippen LogP contribution in [-0.4, -0.2) is 112 Å². The van der Waals surface area contributed by atoms with Gasteiger partial charge in [-0.3, -0.25) is 4.79 Å². The molecule has 2 saturated heterocycles. The molecule has 2 aliphatic carbocycles. The van der Waals surface area contributed by atoms with Crippen molar-refractivity contribution in [1.82, 2.24) is 15.1 Å². The fourth-order valence-corrected chi connectivity index (χ4v) is 9.21. The smallest absolute Gasteiger partial charge is 0.358 e. The summed E-state index contributed by atoms with van der Waals surface area (Å²) in [6.45, 7) is 5.75. The van der Waals surface area contributed by atoms with Crippen molar-refractivity contribution in [2.75, 3.05) is 39.3 Å². The third-order valence-electron chi connectivity index (χ3n) is 13.9. The van der Waals surface area contributed by atoms with Crippen LogP contribution in [0.15, 0.2) is 120 Å². The number of amides is 1. The maximum atomic E-state index is 13.7. The molecule has 0 aromatic heterocycles. The molecule has 12 rings (SSSR count). The summed E-state index contributed by atoms with van der Waals surface area (Å²) in [4.78, 5) is 39.3. The van der Waals surface area contributed by atoms with E-state index in [-0.39, 0.29) is 49.7 Å². The first-order valence-electron chi connectivity index (χ1n) is 24.9. The fraction of sp³-hybridized carbons (Fsp3) is 0.368. The van der Waals surface area contributed by atoms with E-state index in [4.69, 9.17) is 30.0 Å². The molecule has 388 valence electrons. The molecule has 0 unspecified atom stereocenters. The zero-order valence-electron chi connectivity index (χ0n) is 40.2. The topological polar surface area (TPSA) is 201 Å². The number of fused-ring (bicyclic) bond motifs is 6. The second kappa shape index (κ2) is 23.0. The van der Waals surface area contributed by atoms with Gasteiger partial charge in [0, 0.05) is 41.4 Å². The summed E-state index contributed by atoms with van der Waals surface area (Å²) in [5.41, 5.74) is 10.4. The van der Waals surface area contributed by atoms with Gasteiger partial charge in [0.05, 0.1) is 24.4 Å². The number of carboxylic acids is 1. The standard InChI is InChI=1S/C28H28FN3O4.C15H22N2O2.C13H8FNO3.CH4/c29-19-5-11-22-18(14-19)4-10-23-24(22)16-35-31-26(23)28(34)30-25(15-32-12-1-13-32)27(33)17-2-6-20(7-3-17)36-21-8-9-21;16-14(10-17-8-1-9-17)15(18)11-2-4-12(5-3-11)19-13-6-7-13;14-8-2-4-9-7(5-8)1-3-10-11(9)6-18-15-12(10)13(16)17;/h2-7,10-11,14,21,25,27,33H,1,8-9,12-13,15-16H2,(H,30,34);2-5,13-15,18H,1,6-10,16H2;1-5H,6H2,(H,16,17);1H4/t25-,27-;14-,15-;;/m11../s1. The van der Waals surface area contributed by atoms with Gasteiger partial charge in [0.2, 0.25) is 0 Å². The van der Waals surface area contributed by atoms with Gasteiger partial charge >= 0.3 is 5.97 Å². The second-order valence-electron chi connectivity index (χ2n) is 19.4. The highest BCUT2D eigenvalue weighted by Gasteiger charge is 2.32. The number of aliphatic hydroxyl groups is 2. The molecule has 4 fully saturated rings. The van der Waals surface area contributed by atoms with Gasteiger partial charge in [-0.2, -0.15) is 0 Å². The van der Waals surface area contributed by atoms with E-state index in [1.54, 1.807) is 36.4 Å². The van der Waals surface area contributed by atoms with Crippen LogP contribution in [-0.2, 0) is 32.5 Å². The van der Waals surface area contributed by atoms with Gasteiger partial charge in [0.25, 0.3) is 5.91 Å².